The summed E-state index contributed by atoms with van der Waals surface area (Å²) < 4.78 is 0. The zero-order chi connectivity index (χ0) is 11.5. The quantitative estimate of drug-likeness (QED) is 0.910. The summed E-state index contributed by atoms with van der Waals surface area (Å²) in [4.78, 5) is 4.32. The number of aliphatic hydroxyl groups excluding tert-OH is 1. The van der Waals surface area contributed by atoms with Crippen molar-refractivity contribution in [3.63, 3.8) is 0 Å². The van der Waals surface area contributed by atoms with Gasteiger partial charge in [0.2, 0.25) is 0 Å². The van der Waals surface area contributed by atoms with E-state index in [0.29, 0.717) is 11.4 Å². The van der Waals surface area contributed by atoms with Gasteiger partial charge in [-0.25, -0.2) is 4.98 Å². The molecule has 84 valence electrons. The number of rotatable bonds is 3. The van der Waals surface area contributed by atoms with Crippen LogP contribution >= 0.6 is 22.9 Å². The van der Waals surface area contributed by atoms with Gasteiger partial charge in [-0.3, -0.25) is 0 Å². The second-order valence-electron chi connectivity index (χ2n) is 3.60. The van der Waals surface area contributed by atoms with Crippen LogP contribution in [0.2, 0.25) is 5.02 Å². The number of hydrogen-bond donors (Lipinski definition) is 1. The molecule has 2 aromatic rings. The van der Waals surface area contributed by atoms with Crippen LogP contribution in [0.15, 0.2) is 29.6 Å². The molecular weight excluding hydrogens is 242 g/mol. The summed E-state index contributed by atoms with van der Waals surface area (Å²) in [5, 5.41) is 13.6. The molecule has 2 nitrogen and oxygen atoms in total. The molecular formula is C12H12ClNOS. The second-order valence-corrected chi connectivity index (χ2v) is 5.07. The third-order valence-electron chi connectivity index (χ3n) is 2.33. The average molecular weight is 254 g/mol. The highest BCUT2D eigenvalue weighted by Crippen LogP contribution is 2.25. The molecule has 0 aliphatic heterocycles. The predicted octanol–water partition coefficient (Wildman–Crippen LogP) is 3.38. The van der Waals surface area contributed by atoms with Gasteiger partial charge in [-0.2, -0.15) is 0 Å². The molecule has 0 fully saturated rings. The fourth-order valence-corrected chi connectivity index (χ4v) is 2.44. The van der Waals surface area contributed by atoms with E-state index < -0.39 is 6.10 Å². The van der Waals surface area contributed by atoms with Crippen molar-refractivity contribution in [2.45, 2.75) is 19.4 Å². The maximum absolute atomic E-state index is 10.0. The highest BCUT2D eigenvalue weighted by atomic mass is 35.5. The maximum atomic E-state index is 10.0. The van der Waals surface area contributed by atoms with Crippen LogP contribution in [-0.2, 0) is 6.42 Å². The minimum absolute atomic E-state index is 0.508. The zero-order valence-electron chi connectivity index (χ0n) is 8.85. The molecule has 1 unspecified atom stereocenters. The van der Waals surface area contributed by atoms with Crippen LogP contribution in [0.25, 0.3) is 0 Å². The number of hydrogen-bond acceptors (Lipinski definition) is 3. The molecule has 2 rings (SSSR count). The first-order valence-electron chi connectivity index (χ1n) is 5.00. The topological polar surface area (TPSA) is 33.1 Å². The molecule has 1 N–H and O–H groups in total. The van der Waals surface area contributed by atoms with E-state index in [1.807, 2.05) is 30.5 Å². The Morgan fingerprint density at radius 2 is 2.19 bits per heavy atom. The van der Waals surface area contributed by atoms with Gasteiger partial charge in [0.15, 0.2) is 0 Å². The highest BCUT2D eigenvalue weighted by molar-refractivity contribution is 7.09. The first-order valence-corrected chi connectivity index (χ1v) is 6.26. The van der Waals surface area contributed by atoms with Crippen molar-refractivity contribution in [1.29, 1.82) is 0 Å². The summed E-state index contributed by atoms with van der Waals surface area (Å²) in [6.45, 7) is 1.95. The number of aryl methyl sites for hydroxylation is 1. The normalized spacial score (nSPS) is 12.7. The van der Waals surface area contributed by atoms with E-state index in [0.717, 1.165) is 16.3 Å². The minimum Gasteiger partial charge on any atom is -0.388 e. The van der Waals surface area contributed by atoms with Crippen molar-refractivity contribution < 1.29 is 5.11 Å². The summed E-state index contributed by atoms with van der Waals surface area (Å²) >= 11 is 7.60. The van der Waals surface area contributed by atoms with Crippen molar-refractivity contribution in [1.82, 2.24) is 4.98 Å². The Morgan fingerprint density at radius 3 is 2.81 bits per heavy atom. The molecule has 1 heterocycles. The summed E-state index contributed by atoms with van der Waals surface area (Å²) in [5.74, 6) is 0. The van der Waals surface area contributed by atoms with Crippen molar-refractivity contribution in [3.8, 4) is 0 Å². The molecule has 4 heteroatoms. The smallest absolute Gasteiger partial charge is 0.0897 e. The first kappa shape index (κ1) is 11.6. The molecule has 1 aromatic heterocycles. The highest BCUT2D eigenvalue weighted by Gasteiger charge is 2.13. The monoisotopic (exact) mass is 253 g/mol. The summed E-state index contributed by atoms with van der Waals surface area (Å²) in [5.41, 5.74) is 1.67. The Hall–Kier alpha value is -0.900. The molecule has 0 amide bonds. The Labute approximate surface area is 104 Å². The predicted molar refractivity (Wildman–Crippen MR) is 67.0 cm³/mol. The Kier molecular flexibility index (Phi) is 3.59. The number of halogens is 1. The third-order valence-corrected chi connectivity index (χ3v) is 3.50. The standard InChI is InChI=1S/C12H12ClNOS/c1-8-14-9(7-16-8)6-12(15)10-4-2-3-5-11(10)13/h2-5,7,12,15H,6H2,1H3. The van der Waals surface area contributed by atoms with Gasteiger partial charge < -0.3 is 5.11 Å². The van der Waals surface area contributed by atoms with E-state index in [1.165, 1.54) is 0 Å². The number of aliphatic hydroxyl groups is 1. The second kappa shape index (κ2) is 4.95. The lowest BCUT2D eigenvalue weighted by Crippen LogP contribution is -2.02. The first-order chi connectivity index (χ1) is 7.66. The van der Waals surface area contributed by atoms with Crippen LogP contribution in [0.1, 0.15) is 22.4 Å². The number of benzene rings is 1. The molecule has 0 aliphatic rings. The minimum atomic E-state index is -0.588. The lowest BCUT2D eigenvalue weighted by Gasteiger charge is -2.10. The van der Waals surface area contributed by atoms with Crippen LogP contribution in [0.4, 0.5) is 0 Å². The molecule has 1 aromatic carbocycles. The van der Waals surface area contributed by atoms with Gasteiger partial charge >= 0.3 is 0 Å². The van der Waals surface area contributed by atoms with Gasteiger partial charge in [0.1, 0.15) is 0 Å². The Balaban J connectivity index is 2.14. The molecule has 0 saturated heterocycles. The zero-order valence-corrected chi connectivity index (χ0v) is 10.4. The van der Waals surface area contributed by atoms with Crippen molar-refractivity contribution in [2.75, 3.05) is 0 Å². The van der Waals surface area contributed by atoms with Gasteiger partial charge in [0.25, 0.3) is 0 Å². The molecule has 0 radical (unpaired) electrons. The number of thiazole rings is 1. The number of nitrogens with zero attached hydrogens (tertiary/aromatic N) is 1. The summed E-state index contributed by atoms with van der Waals surface area (Å²) in [6, 6.07) is 7.35. The van der Waals surface area contributed by atoms with Crippen LogP contribution in [0, 0.1) is 6.92 Å². The van der Waals surface area contributed by atoms with E-state index in [1.54, 1.807) is 17.4 Å². The lowest BCUT2D eigenvalue weighted by molar-refractivity contribution is 0.177. The Morgan fingerprint density at radius 1 is 1.44 bits per heavy atom. The molecule has 0 bridgehead atoms. The lowest BCUT2D eigenvalue weighted by atomic mass is 10.1. The third kappa shape index (κ3) is 2.61. The fraction of sp³-hybridized carbons (Fsp3) is 0.250. The van der Waals surface area contributed by atoms with Crippen molar-refractivity contribution in [2.24, 2.45) is 0 Å². The van der Waals surface area contributed by atoms with Crippen LogP contribution < -0.4 is 0 Å². The van der Waals surface area contributed by atoms with Gasteiger partial charge in [-0.15, -0.1) is 11.3 Å². The van der Waals surface area contributed by atoms with E-state index >= 15 is 0 Å². The van der Waals surface area contributed by atoms with E-state index in [4.69, 9.17) is 11.6 Å². The van der Waals surface area contributed by atoms with Crippen LogP contribution in [-0.4, -0.2) is 10.1 Å². The van der Waals surface area contributed by atoms with Gasteiger partial charge in [-0.1, -0.05) is 29.8 Å². The van der Waals surface area contributed by atoms with E-state index in [2.05, 4.69) is 4.98 Å². The molecule has 0 spiro atoms. The summed E-state index contributed by atoms with van der Waals surface area (Å²) in [6.07, 6.45) is -0.0798. The van der Waals surface area contributed by atoms with Gasteiger partial charge in [0, 0.05) is 16.8 Å². The van der Waals surface area contributed by atoms with Crippen molar-refractivity contribution >= 4 is 22.9 Å². The number of aromatic nitrogens is 1. The van der Waals surface area contributed by atoms with Gasteiger partial charge in [0.05, 0.1) is 16.8 Å². The SMILES string of the molecule is Cc1nc(CC(O)c2ccccc2Cl)cs1. The van der Waals surface area contributed by atoms with E-state index in [-0.39, 0.29) is 0 Å². The average Bonchev–Trinajstić information content (AvgIpc) is 2.64. The molecule has 1 atom stereocenters. The maximum Gasteiger partial charge on any atom is 0.0897 e. The van der Waals surface area contributed by atoms with E-state index in [9.17, 15) is 5.11 Å². The van der Waals surface area contributed by atoms with Crippen LogP contribution in [0.3, 0.4) is 0 Å². The summed E-state index contributed by atoms with van der Waals surface area (Å²) in [7, 11) is 0. The van der Waals surface area contributed by atoms with Crippen molar-refractivity contribution in [3.05, 3.63) is 50.9 Å². The molecule has 0 saturated carbocycles. The fourth-order valence-electron chi connectivity index (χ4n) is 1.56. The molecule has 16 heavy (non-hydrogen) atoms. The van der Waals surface area contributed by atoms with Crippen LogP contribution in [0.5, 0.6) is 0 Å². The molecule has 0 aliphatic carbocycles. The Bertz CT molecular complexity index is 483. The largest absolute Gasteiger partial charge is 0.388 e. The van der Waals surface area contributed by atoms with Gasteiger partial charge in [-0.05, 0) is 18.6 Å².